The lowest BCUT2D eigenvalue weighted by Gasteiger charge is -2.09. The second kappa shape index (κ2) is 8.82. The molecule has 1 amide bonds. The van der Waals surface area contributed by atoms with Gasteiger partial charge in [-0.2, -0.15) is 18.3 Å². The molecule has 3 aromatic heterocycles. The second-order valence-corrected chi connectivity index (χ2v) is 8.61. The maximum Gasteiger partial charge on any atom is 0.416 e. The van der Waals surface area contributed by atoms with E-state index in [1.54, 1.807) is 42.6 Å². The summed E-state index contributed by atoms with van der Waals surface area (Å²) >= 11 is 9.66. The van der Waals surface area contributed by atoms with Crippen LogP contribution in [0.15, 0.2) is 71.5 Å². The van der Waals surface area contributed by atoms with Gasteiger partial charge in [0.2, 0.25) is 0 Å². The van der Waals surface area contributed by atoms with Crippen molar-refractivity contribution >= 4 is 50.2 Å². The summed E-state index contributed by atoms with van der Waals surface area (Å²) in [6.45, 7) is 0. The van der Waals surface area contributed by atoms with E-state index in [0.717, 1.165) is 12.1 Å². The number of hydrogen-bond donors (Lipinski definition) is 2. The summed E-state index contributed by atoms with van der Waals surface area (Å²) in [5, 5.41) is 7.39. The summed E-state index contributed by atoms with van der Waals surface area (Å²) in [5.74, 6) is 0.293. The maximum absolute atomic E-state index is 13.0. The number of pyridine rings is 1. The van der Waals surface area contributed by atoms with Crippen molar-refractivity contribution in [1.29, 1.82) is 0 Å². The number of hydrogen-bond acceptors (Lipinski definition) is 4. The van der Waals surface area contributed by atoms with E-state index in [4.69, 9.17) is 11.6 Å². The van der Waals surface area contributed by atoms with Crippen LogP contribution in [-0.4, -0.2) is 30.6 Å². The number of nitrogens with one attached hydrogen (secondary N) is 2. The van der Waals surface area contributed by atoms with E-state index < -0.39 is 17.6 Å². The summed E-state index contributed by atoms with van der Waals surface area (Å²) in [7, 11) is 0. The zero-order valence-corrected chi connectivity index (χ0v) is 19.8. The Labute approximate surface area is 209 Å². The average Bonchev–Trinajstić information content (AvgIpc) is 3.42. The Bertz CT molecular complexity index is 1560. The number of carbonyl (C=O) groups excluding carboxylic acids is 1. The van der Waals surface area contributed by atoms with Crippen molar-refractivity contribution in [3.05, 3.63) is 87.6 Å². The molecule has 0 aliphatic rings. The first-order valence-corrected chi connectivity index (χ1v) is 11.2. The average molecular weight is 562 g/mol. The third-order valence-corrected chi connectivity index (χ3v) is 5.77. The Morgan fingerprint density at radius 2 is 1.86 bits per heavy atom. The number of aromatic amines is 1. The van der Waals surface area contributed by atoms with Gasteiger partial charge < -0.3 is 10.3 Å². The fourth-order valence-electron chi connectivity index (χ4n) is 3.49. The highest BCUT2D eigenvalue weighted by molar-refractivity contribution is 9.10. The zero-order chi connectivity index (χ0) is 24.7. The quantitative estimate of drug-likeness (QED) is 0.262. The number of carbonyl (C=O) groups is 1. The number of rotatable bonds is 4. The van der Waals surface area contributed by atoms with Gasteiger partial charge in [-0.15, -0.1) is 0 Å². The predicted octanol–water partition coefficient (Wildman–Crippen LogP) is 6.50. The molecule has 7 nitrogen and oxygen atoms in total. The number of aromatic nitrogens is 5. The Balaban J connectivity index is 1.50. The van der Waals surface area contributed by atoms with Crippen molar-refractivity contribution in [2.75, 3.05) is 5.32 Å². The lowest BCUT2D eigenvalue weighted by atomic mass is 10.1. The Morgan fingerprint density at radius 1 is 1.09 bits per heavy atom. The van der Waals surface area contributed by atoms with Crippen molar-refractivity contribution in [1.82, 2.24) is 24.7 Å². The summed E-state index contributed by atoms with van der Waals surface area (Å²) in [6, 6.07) is 14.3. The minimum atomic E-state index is -4.46. The number of anilines is 1. The van der Waals surface area contributed by atoms with Crippen LogP contribution in [0, 0.1) is 0 Å². The number of halogens is 5. The smallest absolute Gasteiger partial charge is 0.337 e. The van der Waals surface area contributed by atoms with Crippen LogP contribution in [-0.2, 0) is 6.18 Å². The lowest BCUT2D eigenvalue weighted by Crippen LogP contribution is -2.13. The van der Waals surface area contributed by atoms with E-state index in [9.17, 15) is 18.0 Å². The first-order valence-electron chi connectivity index (χ1n) is 10.0. The molecular formula is C23H13BrClF3N6O. The van der Waals surface area contributed by atoms with Gasteiger partial charge in [0.05, 0.1) is 21.7 Å². The highest BCUT2D eigenvalue weighted by Crippen LogP contribution is 2.31. The van der Waals surface area contributed by atoms with Gasteiger partial charge in [-0.3, -0.25) is 4.79 Å². The third kappa shape index (κ3) is 4.52. The zero-order valence-electron chi connectivity index (χ0n) is 17.4. The highest BCUT2D eigenvalue weighted by Gasteiger charge is 2.30. The molecule has 0 aliphatic heterocycles. The molecule has 0 unspecified atom stereocenters. The molecule has 2 N–H and O–H groups in total. The molecule has 3 heterocycles. The largest absolute Gasteiger partial charge is 0.416 e. The minimum Gasteiger partial charge on any atom is -0.337 e. The van der Waals surface area contributed by atoms with Crippen molar-refractivity contribution in [2.45, 2.75) is 6.18 Å². The van der Waals surface area contributed by atoms with Crippen LogP contribution < -0.4 is 5.32 Å². The molecule has 0 fully saturated rings. The molecule has 0 atom stereocenters. The van der Waals surface area contributed by atoms with E-state index in [1.165, 1.54) is 16.8 Å². The molecular weight excluding hydrogens is 549 g/mol. The molecule has 0 saturated carbocycles. The van der Waals surface area contributed by atoms with Gasteiger partial charge in [-0.05, 0) is 64.5 Å². The van der Waals surface area contributed by atoms with Crippen LogP contribution in [0.5, 0.6) is 0 Å². The molecule has 12 heteroatoms. The predicted molar refractivity (Wildman–Crippen MR) is 129 cm³/mol. The van der Waals surface area contributed by atoms with Gasteiger partial charge in [0, 0.05) is 18.0 Å². The van der Waals surface area contributed by atoms with E-state index in [2.05, 4.69) is 41.3 Å². The van der Waals surface area contributed by atoms with Crippen LogP contribution in [0.3, 0.4) is 0 Å². The highest BCUT2D eigenvalue weighted by atomic mass is 79.9. The normalized spacial score (nSPS) is 11.7. The molecule has 0 saturated heterocycles. The molecule has 0 aliphatic carbocycles. The first-order chi connectivity index (χ1) is 16.7. The molecule has 5 aromatic rings. The van der Waals surface area contributed by atoms with Crippen LogP contribution >= 0.6 is 27.5 Å². The number of fused-ring (bicyclic) bond motifs is 1. The van der Waals surface area contributed by atoms with Crippen molar-refractivity contribution in [3.8, 4) is 17.3 Å². The third-order valence-electron chi connectivity index (χ3n) is 5.09. The van der Waals surface area contributed by atoms with Crippen LogP contribution in [0.1, 0.15) is 15.9 Å². The van der Waals surface area contributed by atoms with E-state index >= 15 is 0 Å². The van der Waals surface area contributed by atoms with E-state index in [-0.39, 0.29) is 11.3 Å². The van der Waals surface area contributed by atoms with Gasteiger partial charge in [0.25, 0.3) is 5.91 Å². The number of H-pyrrole nitrogens is 1. The summed E-state index contributed by atoms with van der Waals surface area (Å²) < 4.78 is 40.5. The number of benzene rings is 2. The van der Waals surface area contributed by atoms with Gasteiger partial charge >= 0.3 is 6.18 Å². The number of imidazole rings is 1. The molecule has 176 valence electrons. The summed E-state index contributed by atoms with van der Waals surface area (Å²) in [6.07, 6.45) is -2.87. The van der Waals surface area contributed by atoms with Crippen LogP contribution in [0.4, 0.5) is 18.9 Å². The van der Waals surface area contributed by atoms with Crippen LogP contribution in [0.25, 0.3) is 28.4 Å². The molecule has 35 heavy (non-hydrogen) atoms. The Kier molecular flexibility index (Phi) is 5.81. The fraction of sp³-hybridized carbons (Fsp3) is 0.0435. The van der Waals surface area contributed by atoms with Gasteiger partial charge in [0.1, 0.15) is 15.8 Å². The van der Waals surface area contributed by atoms with E-state index in [1.807, 2.05) is 0 Å². The second-order valence-electron chi connectivity index (χ2n) is 7.39. The lowest BCUT2D eigenvalue weighted by molar-refractivity contribution is -0.137. The van der Waals surface area contributed by atoms with Gasteiger partial charge in [-0.25, -0.2) is 14.6 Å². The summed E-state index contributed by atoms with van der Waals surface area (Å²) in [4.78, 5) is 25.0. The minimum absolute atomic E-state index is 0.225. The monoisotopic (exact) mass is 560 g/mol. The molecule has 0 spiro atoms. The van der Waals surface area contributed by atoms with Crippen LogP contribution in [0.2, 0.25) is 5.02 Å². The Hall–Kier alpha value is -3.70. The summed E-state index contributed by atoms with van der Waals surface area (Å²) in [5.41, 5.74) is 1.17. The van der Waals surface area contributed by atoms with Gasteiger partial charge in [0.15, 0.2) is 11.6 Å². The fourth-order valence-corrected chi connectivity index (χ4v) is 4.07. The number of alkyl halides is 3. The van der Waals surface area contributed by atoms with Crippen molar-refractivity contribution in [3.63, 3.8) is 0 Å². The maximum atomic E-state index is 13.0. The van der Waals surface area contributed by atoms with Crippen molar-refractivity contribution in [2.24, 2.45) is 0 Å². The topological polar surface area (TPSA) is 88.5 Å². The SMILES string of the molecule is O=C(Nc1ccc(C(F)(F)F)cc1)c1cccc2[nH]c(-c3cc(Br)nn3-c3ncccc3Cl)nc12. The molecule has 0 radical (unpaired) electrons. The standard InChI is InChI=1S/C23H13BrClF3N6O/c24-18-11-17(34(33-18)21-15(25)4-2-10-29-21)20-31-16-5-1-3-14(19(16)32-20)22(35)30-13-8-6-12(7-9-13)23(26,27)28/h1-11H,(H,30,35)(H,31,32). The number of amides is 1. The Morgan fingerprint density at radius 3 is 2.57 bits per heavy atom. The van der Waals surface area contributed by atoms with Crippen molar-refractivity contribution < 1.29 is 18.0 Å². The van der Waals surface area contributed by atoms with E-state index in [0.29, 0.717) is 38.0 Å². The molecule has 5 rings (SSSR count). The number of para-hydroxylation sites is 1. The molecule has 2 aromatic carbocycles. The molecule has 0 bridgehead atoms. The first kappa shape index (κ1) is 23.1. The van der Waals surface area contributed by atoms with Gasteiger partial charge in [-0.1, -0.05) is 17.7 Å². The number of nitrogens with zero attached hydrogens (tertiary/aromatic N) is 4.